The molecular formula is C14H24N2O5S. The van der Waals surface area contributed by atoms with Gasteiger partial charge in [0.25, 0.3) is 0 Å². The van der Waals surface area contributed by atoms with Crippen LogP contribution in [-0.2, 0) is 19.6 Å². The van der Waals surface area contributed by atoms with Crippen LogP contribution in [0, 0.1) is 11.8 Å². The van der Waals surface area contributed by atoms with Crippen LogP contribution >= 0.6 is 0 Å². The summed E-state index contributed by atoms with van der Waals surface area (Å²) in [5.41, 5.74) is 0. The largest absolute Gasteiger partial charge is 0.480 e. The molecule has 2 rings (SSSR count). The van der Waals surface area contributed by atoms with Crippen LogP contribution < -0.4 is 5.32 Å². The molecule has 2 aliphatic rings. The molecule has 1 saturated heterocycles. The van der Waals surface area contributed by atoms with Crippen molar-refractivity contribution in [3.8, 4) is 0 Å². The number of nitrogens with zero attached hydrogens (tertiary/aromatic N) is 1. The maximum atomic E-state index is 12.2. The second-order valence-electron chi connectivity index (χ2n) is 6.15. The molecule has 1 atom stereocenters. The van der Waals surface area contributed by atoms with E-state index in [-0.39, 0.29) is 17.6 Å². The highest BCUT2D eigenvalue weighted by Gasteiger charge is 2.34. The van der Waals surface area contributed by atoms with Crippen molar-refractivity contribution < 1.29 is 23.1 Å². The maximum absolute atomic E-state index is 12.2. The molecule has 1 amide bonds. The highest BCUT2D eigenvalue weighted by molar-refractivity contribution is 7.89. The number of amides is 1. The second-order valence-corrected chi connectivity index (χ2v) is 8.41. The highest BCUT2D eigenvalue weighted by atomic mass is 32.2. The molecule has 0 aromatic carbocycles. The van der Waals surface area contributed by atoms with Gasteiger partial charge in [0.15, 0.2) is 0 Å². The number of nitrogens with one attached hydrogen (secondary N) is 1. The van der Waals surface area contributed by atoms with E-state index in [1.165, 1.54) is 4.31 Å². The second kappa shape index (κ2) is 6.95. The Morgan fingerprint density at radius 3 is 2.27 bits per heavy atom. The number of aliphatic carboxylic acids is 1. The summed E-state index contributed by atoms with van der Waals surface area (Å²) in [6, 6.07) is -0.822. The van der Waals surface area contributed by atoms with Crippen molar-refractivity contribution in [3.05, 3.63) is 0 Å². The molecule has 0 aromatic heterocycles. The van der Waals surface area contributed by atoms with E-state index in [1.807, 2.05) is 0 Å². The van der Waals surface area contributed by atoms with Crippen LogP contribution in [0.25, 0.3) is 0 Å². The minimum atomic E-state index is -3.21. The van der Waals surface area contributed by atoms with Gasteiger partial charge in [0.2, 0.25) is 15.9 Å². The van der Waals surface area contributed by atoms with Gasteiger partial charge in [0.1, 0.15) is 6.04 Å². The van der Waals surface area contributed by atoms with Gasteiger partial charge in [-0.05, 0) is 32.1 Å². The number of carboxylic acid groups (broad SMARTS) is 1. The first kappa shape index (κ1) is 17.2. The van der Waals surface area contributed by atoms with Crippen LogP contribution in [-0.4, -0.2) is 54.6 Å². The van der Waals surface area contributed by atoms with Crippen LogP contribution in [0.1, 0.15) is 39.0 Å². The number of carbonyl (C=O) groups is 2. The summed E-state index contributed by atoms with van der Waals surface area (Å²) in [4.78, 5) is 23.4. The average molecular weight is 332 g/mol. The molecule has 1 unspecified atom stereocenters. The zero-order chi connectivity index (χ0) is 16.3. The first-order valence-corrected chi connectivity index (χ1v) is 9.45. The minimum Gasteiger partial charge on any atom is -0.480 e. The Morgan fingerprint density at radius 1 is 1.23 bits per heavy atom. The summed E-state index contributed by atoms with van der Waals surface area (Å²) in [5, 5.41) is 11.8. The summed E-state index contributed by atoms with van der Waals surface area (Å²) >= 11 is 0. The highest BCUT2D eigenvalue weighted by Crippen LogP contribution is 2.33. The maximum Gasteiger partial charge on any atom is 0.326 e. The van der Waals surface area contributed by atoms with Crippen molar-refractivity contribution in [2.75, 3.05) is 18.8 Å². The van der Waals surface area contributed by atoms with E-state index >= 15 is 0 Å². The van der Waals surface area contributed by atoms with E-state index < -0.39 is 22.0 Å². The van der Waals surface area contributed by atoms with Crippen LogP contribution in [0.4, 0.5) is 0 Å². The Bertz CT molecular complexity index is 521. The first-order chi connectivity index (χ1) is 10.3. The van der Waals surface area contributed by atoms with E-state index in [9.17, 15) is 23.1 Å². The fourth-order valence-corrected chi connectivity index (χ4v) is 3.91. The standard InChI is InChI=1S/C14H24N2O5S/c1-2-22(20,21)16-7-5-11(6-8-16)13(17)15-12(14(18)19)9-10-3-4-10/h10-12H,2-9H2,1H3,(H,15,17)(H,18,19). The Labute approximate surface area is 131 Å². The smallest absolute Gasteiger partial charge is 0.326 e. The molecular weight excluding hydrogens is 308 g/mol. The molecule has 22 heavy (non-hydrogen) atoms. The number of carbonyl (C=O) groups excluding carboxylic acids is 1. The Balaban J connectivity index is 1.84. The topological polar surface area (TPSA) is 104 Å². The van der Waals surface area contributed by atoms with Gasteiger partial charge in [0.05, 0.1) is 5.75 Å². The lowest BCUT2D eigenvalue weighted by Gasteiger charge is -2.30. The van der Waals surface area contributed by atoms with Crippen molar-refractivity contribution in [1.82, 2.24) is 9.62 Å². The Morgan fingerprint density at radius 2 is 1.82 bits per heavy atom. The molecule has 0 spiro atoms. The summed E-state index contributed by atoms with van der Waals surface area (Å²) in [7, 11) is -3.21. The van der Waals surface area contributed by atoms with Gasteiger partial charge < -0.3 is 10.4 Å². The van der Waals surface area contributed by atoms with Gasteiger partial charge in [0, 0.05) is 19.0 Å². The molecule has 1 aliphatic heterocycles. The van der Waals surface area contributed by atoms with Gasteiger partial charge >= 0.3 is 5.97 Å². The summed E-state index contributed by atoms with van der Waals surface area (Å²) in [5.74, 6) is -1.08. The molecule has 2 N–H and O–H groups in total. The molecule has 7 nitrogen and oxygen atoms in total. The van der Waals surface area contributed by atoms with E-state index in [0.29, 0.717) is 38.3 Å². The van der Waals surface area contributed by atoms with Gasteiger partial charge in [-0.25, -0.2) is 17.5 Å². The van der Waals surface area contributed by atoms with E-state index in [2.05, 4.69) is 5.32 Å². The molecule has 126 valence electrons. The zero-order valence-corrected chi connectivity index (χ0v) is 13.6. The lowest BCUT2D eigenvalue weighted by Crippen LogP contribution is -2.47. The van der Waals surface area contributed by atoms with Crippen LogP contribution in [0.5, 0.6) is 0 Å². The molecule has 2 fully saturated rings. The Kier molecular flexibility index (Phi) is 5.44. The lowest BCUT2D eigenvalue weighted by atomic mass is 9.96. The van der Waals surface area contributed by atoms with E-state index in [0.717, 1.165) is 12.8 Å². The third-order valence-electron chi connectivity index (χ3n) is 4.46. The summed E-state index contributed by atoms with van der Waals surface area (Å²) in [6.07, 6.45) is 3.45. The number of rotatable bonds is 7. The SMILES string of the molecule is CCS(=O)(=O)N1CCC(C(=O)NC(CC2CC2)C(=O)O)CC1. The predicted octanol–water partition coefficient (Wildman–Crippen LogP) is 0.418. The van der Waals surface area contributed by atoms with Crippen molar-refractivity contribution in [3.63, 3.8) is 0 Å². The quantitative estimate of drug-likeness (QED) is 0.703. The normalized spacial score (nSPS) is 22.2. The summed E-state index contributed by atoms with van der Waals surface area (Å²) in [6.45, 7) is 2.26. The van der Waals surface area contributed by atoms with Crippen molar-refractivity contribution in [2.45, 2.75) is 45.1 Å². The fourth-order valence-electron chi connectivity index (χ4n) is 2.78. The lowest BCUT2D eigenvalue weighted by molar-refractivity contribution is -0.143. The van der Waals surface area contributed by atoms with Crippen LogP contribution in [0.15, 0.2) is 0 Å². The van der Waals surface area contributed by atoms with Gasteiger partial charge in [-0.3, -0.25) is 4.79 Å². The number of piperidine rings is 1. The monoisotopic (exact) mass is 332 g/mol. The molecule has 0 aromatic rings. The first-order valence-electron chi connectivity index (χ1n) is 7.84. The van der Waals surface area contributed by atoms with Gasteiger partial charge in [-0.2, -0.15) is 0 Å². The average Bonchev–Trinajstić information content (AvgIpc) is 3.30. The molecule has 1 aliphatic carbocycles. The molecule has 0 radical (unpaired) electrons. The summed E-state index contributed by atoms with van der Waals surface area (Å²) < 4.78 is 25.0. The van der Waals surface area contributed by atoms with Crippen LogP contribution in [0.2, 0.25) is 0 Å². The molecule has 0 bridgehead atoms. The number of carboxylic acids is 1. The van der Waals surface area contributed by atoms with Crippen LogP contribution in [0.3, 0.4) is 0 Å². The van der Waals surface area contributed by atoms with Gasteiger partial charge in [-0.15, -0.1) is 0 Å². The number of hydrogen-bond donors (Lipinski definition) is 2. The number of hydrogen-bond acceptors (Lipinski definition) is 4. The predicted molar refractivity (Wildman–Crippen MR) is 80.7 cm³/mol. The fraction of sp³-hybridized carbons (Fsp3) is 0.857. The third-order valence-corrected chi connectivity index (χ3v) is 6.34. The van der Waals surface area contributed by atoms with Crippen molar-refractivity contribution in [2.24, 2.45) is 11.8 Å². The van der Waals surface area contributed by atoms with Crippen molar-refractivity contribution in [1.29, 1.82) is 0 Å². The molecule has 1 saturated carbocycles. The molecule has 8 heteroatoms. The molecule has 1 heterocycles. The van der Waals surface area contributed by atoms with Gasteiger partial charge in [-0.1, -0.05) is 12.8 Å². The zero-order valence-electron chi connectivity index (χ0n) is 12.8. The Hall–Kier alpha value is -1.15. The van der Waals surface area contributed by atoms with E-state index in [1.54, 1.807) is 6.92 Å². The van der Waals surface area contributed by atoms with Crippen molar-refractivity contribution >= 4 is 21.9 Å². The third kappa shape index (κ3) is 4.42. The minimum absolute atomic E-state index is 0.0618. The van der Waals surface area contributed by atoms with E-state index in [4.69, 9.17) is 0 Å². The number of sulfonamides is 1.